The zero-order valence-electron chi connectivity index (χ0n) is 7.97. The maximum Gasteiger partial charge on any atom is 0.260 e. The summed E-state index contributed by atoms with van der Waals surface area (Å²) < 4.78 is -1.40. The van der Waals surface area contributed by atoms with Gasteiger partial charge in [-0.25, -0.2) is 0 Å². The fraction of sp³-hybridized carbons (Fsp3) is 0.300. The van der Waals surface area contributed by atoms with Gasteiger partial charge in [-0.1, -0.05) is 41.4 Å². The Kier molecular flexibility index (Phi) is 3.40. The van der Waals surface area contributed by atoms with Crippen LogP contribution in [0.15, 0.2) is 24.3 Å². The molecule has 14 heavy (non-hydrogen) atoms. The number of aryl methyl sites for hydroxylation is 1. The van der Waals surface area contributed by atoms with Gasteiger partial charge in [-0.3, -0.25) is 4.79 Å². The Labute approximate surface area is 93.2 Å². The van der Waals surface area contributed by atoms with Gasteiger partial charge in [-0.15, -0.1) is 0 Å². The average molecular weight is 232 g/mol. The maximum atomic E-state index is 11.4. The van der Waals surface area contributed by atoms with Gasteiger partial charge >= 0.3 is 0 Å². The molecule has 0 atom stereocenters. The number of amides is 1. The molecule has 1 aromatic carbocycles. The van der Waals surface area contributed by atoms with Crippen molar-refractivity contribution in [1.82, 2.24) is 0 Å². The lowest BCUT2D eigenvalue weighted by molar-refractivity contribution is -0.116. The van der Waals surface area contributed by atoms with Crippen LogP contribution in [0.5, 0.6) is 0 Å². The molecule has 0 aliphatic rings. The highest BCUT2D eigenvalue weighted by molar-refractivity contribution is 6.58. The molecule has 4 heteroatoms. The van der Waals surface area contributed by atoms with Crippen LogP contribution in [0.1, 0.15) is 12.5 Å². The second-order valence-electron chi connectivity index (χ2n) is 3.16. The molecule has 1 amide bonds. The molecule has 0 fully saturated rings. The van der Waals surface area contributed by atoms with Crippen molar-refractivity contribution >= 4 is 34.8 Å². The molecule has 1 N–H and O–H groups in total. The first-order valence-corrected chi connectivity index (χ1v) is 4.92. The quantitative estimate of drug-likeness (QED) is 0.779. The molecule has 0 aromatic heterocycles. The summed E-state index contributed by atoms with van der Waals surface area (Å²) in [4.78, 5) is 11.4. The molecule has 0 aliphatic heterocycles. The van der Waals surface area contributed by atoms with E-state index in [2.05, 4.69) is 5.32 Å². The third-order valence-electron chi connectivity index (χ3n) is 1.79. The fourth-order valence-corrected chi connectivity index (χ4v) is 1.04. The van der Waals surface area contributed by atoms with Gasteiger partial charge in [0.15, 0.2) is 4.33 Å². The Balaban J connectivity index is 2.80. The Bertz CT molecular complexity index is 344. The molecule has 76 valence electrons. The lowest BCUT2D eigenvalue weighted by Gasteiger charge is -2.14. The van der Waals surface area contributed by atoms with Crippen molar-refractivity contribution in [3.63, 3.8) is 0 Å². The first-order valence-electron chi connectivity index (χ1n) is 4.16. The summed E-state index contributed by atoms with van der Waals surface area (Å²) in [6.45, 7) is 3.33. The lowest BCUT2D eigenvalue weighted by atomic mass is 10.2. The summed E-state index contributed by atoms with van der Waals surface area (Å²) in [6.07, 6.45) is 0. The Hall–Kier alpha value is -0.730. The summed E-state index contributed by atoms with van der Waals surface area (Å²) >= 11 is 11.3. The van der Waals surface area contributed by atoms with Crippen LogP contribution >= 0.6 is 23.2 Å². The minimum Gasteiger partial charge on any atom is -0.323 e. The third-order valence-corrected chi connectivity index (χ3v) is 2.14. The van der Waals surface area contributed by atoms with Crippen LogP contribution in [0.25, 0.3) is 0 Å². The van der Waals surface area contributed by atoms with Gasteiger partial charge < -0.3 is 5.32 Å². The van der Waals surface area contributed by atoms with E-state index in [1.165, 1.54) is 6.92 Å². The molecule has 2 nitrogen and oxygen atoms in total. The molecule has 1 rings (SSSR count). The molecular formula is C10H11Cl2NO. The smallest absolute Gasteiger partial charge is 0.260 e. The minimum absolute atomic E-state index is 0.421. The minimum atomic E-state index is -1.40. The SMILES string of the molecule is Cc1ccccc1NC(=O)C(C)(Cl)Cl. The predicted molar refractivity (Wildman–Crippen MR) is 59.9 cm³/mol. The van der Waals surface area contributed by atoms with Crippen LogP contribution in [0, 0.1) is 6.92 Å². The van der Waals surface area contributed by atoms with Crippen LogP contribution in [-0.2, 0) is 4.79 Å². The molecular weight excluding hydrogens is 221 g/mol. The zero-order valence-corrected chi connectivity index (χ0v) is 9.49. The lowest BCUT2D eigenvalue weighted by Crippen LogP contribution is -2.29. The number of carbonyl (C=O) groups is 1. The number of alkyl halides is 2. The molecule has 0 spiro atoms. The first-order chi connectivity index (χ1) is 6.41. The maximum absolute atomic E-state index is 11.4. The van der Waals surface area contributed by atoms with Crippen LogP contribution < -0.4 is 5.32 Å². The average Bonchev–Trinajstić information content (AvgIpc) is 2.07. The van der Waals surface area contributed by atoms with E-state index in [0.717, 1.165) is 11.3 Å². The van der Waals surface area contributed by atoms with Gasteiger partial charge in [0, 0.05) is 5.69 Å². The molecule has 0 saturated heterocycles. The number of para-hydroxylation sites is 1. The Morgan fingerprint density at radius 2 is 1.93 bits per heavy atom. The number of hydrogen-bond donors (Lipinski definition) is 1. The second-order valence-corrected chi connectivity index (χ2v) is 4.86. The summed E-state index contributed by atoms with van der Waals surface area (Å²) in [5.41, 5.74) is 1.70. The Morgan fingerprint density at radius 3 is 2.43 bits per heavy atom. The van der Waals surface area contributed by atoms with Crippen LogP contribution in [0.3, 0.4) is 0 Å². The summed E-state index contributed by atoms with van der Waals surface area (Å²) in [5, 5.41) is 2.65. The predicted octanol–water partition coefficient (Wildman–Crippen LogP) is 3.13. The van der Waals surface area contributed by atoms with Crippen molar-refractivity contribution in [1.29, 1.82) is 0 Å². The molecule has 0 aliphatic carbocycles. The van der Waals surface area contributed by atoms with E-state index in [4.69, 9.17) is 23.2 Å². The number of hydrogen-bond acceptors (Lipinski definition) is 1. The van der Waals surface area contributed by atoms with Gasteiger partial charge in [0.2, 0.25) is 0 Å². The van der Waals surface area contributed by atoms with E-state index in [-0.39, 0.29) is 0 Å². The van der Waals surface area contributed by atoms with E-state index < -0.39 is 10.2 Å². The van der Waals surface area contributed by atoms with Crippen LogP contribution in [0.4, 0.5) is 5.69 Å². The monoisotopic (exact) mass is 231 g/mol. The Morgan fingerprint density at radius 1 is 1.36 bits per heavy atom. The number of anilines is 1. The standard InChI is InChI=1S/C10H11Cl2NO/c1-7-5-3-4-6-8(7)13-9(14)10(2,11)12/h3-6H,1-2H3,(H,13,14). The summed E-state index contributed by atoms with van der Waals surface area (Å²) in [6, 6.07) is 7.43. The van der Waals surface area contributed by atoms with Crippen molar-refractivity contribution in [2.45, 2.75) is 18.2 Å². The summed E-state index contributed by atoms with van der Waals surface area (Å²) in [5.74, 6) is -0.421. The van der Waals surface area contributed by atoms with Crippen molar-refractivity contribution < 1.29 is 4.79 Å². The van der Waals surface area contributed by atoms with Crippen molar-refractivity contribution in [3.8, 4) is 0 Å². The van der Waals surface area contributed by atoms with Gasteiger partial charge in [-0.05, 0) is 25.5 Å². The number of nitrogens with one attached hydrogen (secondary N) is 1. The highest BCUT2D eigenvalue weighted by Crippen LogP contribution is 2.23. The number of carbonyl (C=O) groups excluding carboxylic acids is 1. The zero-order chi connectivity index (χ0) is 10.8. The number of halogens is 2. The van der Waals surface area contributed by atoms with Crippen molar-refractivity contribution in [3.05, 3.63) is 29.8 Å². The molecule has 0 saturated carbocycles. The van der Waals surface area contributed by atoms with Crippen molar-refractivity contribution in [2.24, 2.45) is 0 Å². The molecule has 0 heterocycles. The van der Waals surface area contributed by atoms with E-state index in [1.807, 2.05) is 25.1 Å². The van der Waals surface area contributed by atoms with Crippen molar-refractivity contribution in [2.75, 3.05) is 5.32 Å². The van der Waals surface area contributed by atoms with Gasteiger partial charge in [0.25, 0.3) is 5.91 Å². The van der Waals surface area contributed by atoms with Gasteiger partial charge in [0.05, 0.1) is 0 Å². The third kappa shape index (κ3) is 2.89. The molecule has 0 radical (unpaired) electrons. The van der Waals surface area contributed by atoms with E-state index in [9.17, 15) is 4.79 Å². The van der Waals surface area contributed by atoms with E-state index >= 15 is 0 Å². The molecule has 0 bridgehead atoms. The molecule has 1 aromatic rings. The number of benzene rings is 1. The van der Waals surface area contributed by atoms with E-state index in [1.54, 1.807) is 6.07 Å². The van der Waals surface area contributed by atoms with Gasteiger partial charge in [-0.2, -0.15) is 0 Å². The highest BCUT2D eigenvalue weighted by Gasteiger charge is 2.27. The van der Waals surface area contributed by atoms with Crippen LogP contribution in [-0.4, -0.2) is 10.2 Å². The van der Waals surface area contributed by atoms with Gasteiger partial charge in [0.1, 0.15) is 0 Å². The summed E-state index contributed by atoms with van der Waals surface area (Å²) in [7, 11) is 0. The topological polar surface area (TPSA) is 29.1 Å². The first kappa shape index (κ1) is 11.3. The van der Waals surface area contributed by atoms with Crippen LogP contribution in [0.2, 0.25) is 0 Å². The largest absolute Gasteiger partial charge is 0.323 e. The highest BCUT2D eigenvalue weighted by atomic mass is 35.5. The fourth-order valence-electron chi connectivity index (χ4n) is 0.945. The second kappa shape index (κ2) is 4.20. The number of rotatable bonds is 2. The molecule has 0 unspecified atom stereocenters. The normalized spacial score (nSPS) is 11.1. The van der Waals surface area contributed by atoms with E-state index in [0.29, 0.717) is 0 Å².